The van der Waals surface area contributed by atoms with Crippen molar-refractivity contribution >= 4 is 65.3 Å². The van der Waals surface area contributed by atoms with Crippen molar-refractivity contribution in [1.29, 1.82) is 0 Å². The molecule has 0 saturated carbocycles. The molecule has 12 heteroatoms. The van der Waals surface area contributed by atoms with Crippen molar-refractivity contribution < 1.29 is 30.5 Å². The highest BCUT2D eigenvalue weighted by atomic mass is 32.2. The lowest BCUT2D eigenvalue weighted by atomic mass is 10.2. The van der Waals surface area contributed by atoms with Crippen molar-refractivity contribution in [3.63, 3.8) is 0 Å². The van der Waals surface area contributed by atoms with E-state index in [4.69, 9.17) is 4.55 Å². The second kappa shape index (κ2) is 11.7. The molecule has 0 amide bonds. The molecule has 1 aliphatic rings. The lowest BCUT2D eigenvalue weighted by Crippen LogP contribution is -2.36. The average molecular weight is 581 g/mol. The van der Waals surface area contributed by atoms with E-state index in [1.54, 1.807) is 23.1 Å². The largest absolute Gasteiger partial charge is 0.748 e. The van der Waals surface area contributed by atoms with Gasteiger partial charge in [-0.1, -0.05) is 54.3 Å². The molecular formula is C25H28N2O6S4. The summed E-state index contributed by atoms with van der Waals surface area (Å²) in [7, 11) is -8.32. The number of hydrogen-bond acceptors (Lipinski definition) is 8. The molecule has 37 heavy (non-hydrogen) atoms. The predicted octanol–water partition coefficient (Wildman–Crippen LogP) is 4.65. The van der Waals surface area contributed by atoms with E-state index >= 15 is 0 Å². The third-order valence-electron chi connectivity index (χ3n) is 5.86. The van der Waals surface area contributed by atoms with Crippen LogP contribution in [0.2, 0.25) is 0 Å². The Hall–Kier alpha value is -2.22. The minimum atomic E-state index is -4.28. The molecule has 0 radical (unpaired) electrons. The van der Waals surface area contributed by atoms with Gasteiger partial charge in [-0.15, -0.1) is 0 Å². The molecule has 198 valence electrons. The second-order valence-electron chi connectivity index (χ2n) is 8.59. The van der Waals surface area contributed by atoms with Gasteiger partial charge in [-0.2, -0.15) is 13.0 Å². The first-order valence-corrected chi connectivity index (χ1v) is 16.6. The number of anilines is 1. The number of thiazole rings is 1. The van der Waals surface area contributed by atoms with Crippen LogP contribution in [0.25, 0.3) is 16.3 Å². The van der Waals surface area contributed by atoms with Crippen LogP contribution in [-0.4, -0.2) is 44.0 Å². The average Bonchev–Trinajstić information content (AvgIpc) is 3.35. The van der Waals surface area contributed by atoms with Crippen molar-refractivity contribution in [2.24, 2.45) is 0 Å². The Labute approximate surface area is 225 Å². The van der Waals surface area contributed by atoms with Crippen LogP contribution in [0, 0.1) is 0 Å². The molecule has 0 bridgehead atoms. The predicted molar refractivity (Wildman–Crippen MR) is 148 cm³/mol. The van der Waals surface area contributed by atoms with Gasteiger partial charge in [-0.25, -0.2) is 8.42 Å². The topological polar surface area (TPSA) is 119 Å². The van der Waals surface area contributed by atoms with Gasteiger partial charge in [0.15, 0.2) is 6.54 Å². The highest BCUT2D eigenvalue weighted by Gasteiger charge is 2.25. The number of aryl methyl sites for hydroxylation is 1. The smallest absolute Gasteiger partial charge is 0.264 e. The Balaban J connectivity index is 1.67. The Bertz CT molecular complexity index is 1560. The standard InChI is InChI=1S/C25H28N2O6S4/c1-2-19(17-24-26(13-7-15-36(28,29)30)20-9-3-5-11-22(20)34-24)18-25-27(14-8-16-37(31,32)33)21-10-4-6-12-23(21)35-25/h3-6,9-12,17-18H,2,7-8,13-16H2,1H3,(H-,28,29,30,31,32,33). The molecule has 0 saturated heterocycles. The molecule has 0 fully saturated rings. The van der Waals surface area contributed by atoms with Gasteiger partial charge in [-0.3, -0.25) is 4.55 Å². The number of nitrogens with zero attached hydrogens (tertiary/aromatic N) is 2. The first-order chi connectivity index (χ1) is 17.5. The highest BCUT2D eigenvalue weighted by Crippen LogP contribution is 2.46. The van der Waals surface area contributed by atoms with Gasteiger partial charge < -0.3 is 9.45 Å². The Morgan fingerprint density at radius 3 is 2.51 bits per heavy atom. The molecule has 1 N–H and O–H groups in total. The van der Waals surface area contributed by atoms with Gasteiger partial charge in [-0.05, 0) is 42.7 Å². The van der Waals surface area contributed by atoms with Crippen LogP contribution in [0.1, 0.15) is 31.2 Å². The molecule has 0 atom stereocenters. The van der Waals surface area contributed by atoms with E-state index in [0.29, 0.717) is 13.1 Å². The number of rotatable bonds is 11. The number of aromatic nitrogens is 1. The second-order valence-corrected chi connectivity index (χ2v) is 13.8. The molecule has 0 unspecified atom stereocenters. The van der Waals surface area contributed by atoms with Crippen molar-refractivity contribution in [3.05, 3.63) is 70.2 Å². The summed E-state index contributed by atoms with van der Waals surface area (Å²) in [6.45, 7) is 2.91. The summed E-state index contributed by atoms with van der Waals surface area (Å²) in [6, 6.07) is 15.8. The van der Waals surface area contributed by atoms with Crippen LogP contribution in [-0.2, 0) is 26.8 Å². The van der Waals surface area contributed by atoms with E-state index in [1.807, 2.05) is 48.5 Å². The van der Waals surface area contributed by atoms with Gasteiger partial charge in [0.05, 0.1) is 26.6 Å². The highest BCUT2D eigenvalue weighted by molar-refractivity contribution is 8.03. The first kappa shape index (κ1) is 27.8. The quantitative estimate of drug-likeness (QED) is 0.257. The first-order valence-electron chi connectivity index (χ1n) is 11.8. The van der Waals surface area contributed by atoms with Gasteiger partial charge in [0.25, 0.3) is 15.1 Å². The van der Waals surface area contributed by atoms with E-state index in [9.17, 15) is 21.4 Å². The number of allylic oxidation sites excluding steroid dienone is 2. The molecule has 1 aromatic heterocycles. The van der Waals surface area contributed by atoms with Crippen molar-refractivity contribution in [1.82, 2.24) is 0 Å². The number of fused-ring (bicyclic) bond motifs is 2. The fourth-order valence-corrected chi connectivity index (χ4v) is 7.46. The van der Waals surface area contributed by atoms with Crippen LogP contribution >= 0.6 is 23.1 Å². The summed E-state index contributed by atoms with van der Waals surface area (Å²) in [5.41, 5.74) is 3.03. The summed E-state index contributed by atoms with van der Waals surface area (Å²) >= 11 is 3.21. The summed E-state index contributed by atoms with van der Waals surface area (Å²) in [5, 5.41) is 1.92. The summed E-state index contributed by atoms with van der Waals surface area (Å²) in [4.78, 5) is 3.15. The molecule has 2 heterocycles. The maximum absolute atomic E-state index is 11.3. The molecule has 8 nitrogen and oxygen atoms in total. The molecule has 2 aromatic carbocycles. The van der Waals surface area contributed by atoms with Gasteiger partial charge >= 0.3 is 0 Å². The minimum absolute atomic E-state index is 0.229. The fraction of sp³-hybridized carbons (Fsp3) is 0.320. The fourth-order valence-electron chi connectivity index (χ4n) is 4.15. The minimum Gasteiger partial charge on any atom is -0.748 e. The van der Waals surface area contributed by atoms with E-state index in [1.165, 1.54) is 0 Å². The van der Waals surface area contributed by atoms with Crippen LogP contribution < -0.4 is 9.47 Å². The van der Waals surface area contributed by atoms with Crippen molar-refractivity contribution in [2.45, 2.75) is 37.6 Å². The third kappa shape index (κ3) is 7.43. The monoisotopic (exact) mass is 580 g/mol. The molecule has 1 aliphatic heterocycles. The van der Waals surface area contributed by atoms with E-state index in [-0.39, 0.29) is 18.6 Å². The number of para-hydroxylation sites is 2. The molecule has 0 spiro atoms. The zero-order chi connectivity index (χ0) is 26.6. The van der Waals surface area contributed by atoms with Crippen molar-refractivity contribution in [3.8, 4) is 0 Å². The van der Waals surface area contributed by atoms with E-state index in [0.717, 1.165) is 42.8 Å². The van der Waals surface area contributed by atoms with Crippen LogP contribution in [0.15, 0.2) is 70.1 Å². The number of thioether (sulfide) groups is 1. The molecule has 3 aromatic rings. The number of benzene rings is 2. The summed E-state index contributed by atoms with van der Waals surface area (Å²) in [5.74, 6) is -0.716. The summed E-state index contributed by atoms with van der Waals surface area (Å²) in [6.07, 6.45) is 5.43. The van der Waals surface area contributed by atoms with Crippen molar-refractivity contribution in [2.75, 3.05) is 23.0 Å². The lowest BCUT2D eigenvalue weighted by molar-refractivity contribution is -0.668. The normalized spacial score (nSPS) is 15.6. The zero-order valence-corrected chi connectivity index (χ0v) is 23.5. The lowest BCUT2D eigenvalue weighted by Gasteiger charge is -2.20. The maximum atomic E-state index is 11.3. The Kier molecular flexibility index (Phi) is 8.77. The third-order valence-corrected chi connectivity index (χ3v) is 9.68. The Morgan fingerprint density at radius 1 is 1.05 bits per heavy atom. The zero-order valence-electron chi connectivity index (χ0n) is 20.2. The van der Waals surface area contributed by atoms with Crippen LogP contribution in [0.5, 0.6) is 0 Å². The van der Waals surface area contributed by atoms with Gasteiger partial charge in [0.2, 0.25) is 5.52 Å². The van der Waals surface area contributed by atoms with E-state index < -0.39 is 26.0 Å². The Morgan fingerprint density at radius 2 is 1.78 bits per heavy atom. The van der Waals surface area contributed by atoms with Crippen LogP contribution in [0.4, 0.5) is 5.69 Å². The number of hydrogen-bond donors (Lipinski definition) is 1. The summed E-state index contributed by atoms with van der Waals surface area (Å²) < 4.78 is 68.2. The maximum Gasteiger partial charge on any atom is 0.264 e. The van der Waals surface area contributed by atoms with E-state index in [2.05, 4.69) is 28.5 Å². The SMILES string of the molecule is CCC(=C\c1sc2ccccc2[n+]1CCCS(=O)(=O)[O-])/C=C1/Sc2ccccc2N1CCCS(=O)(=O)O. The molecule has 0 aliphatic carbocycles. The van der Waals surface area contributed by atoms with Gasteiger partial charge in [0.1, 0.15) is 4.70 Å². The van der Waals surface area contributed by atoms with Gasteiger partial charge in [0, 0.05) is 35.8 Å². The molecule has 4 rings (SSSR count). The molecular weight excluding hydrogens is 553 g/mol. The van der Waals surface area contributed by atoms with Crippen LogP contribution in [0.3, 0.4) is 0 Å².